The van der Waals surface area contributed by atoms with Crippen LogP contribution in [0.3, 0.4) is 0 Å². The Morgan fingerprint density at radius 3 is 1.57 bits per heavy atom. The number of hydrogen-bond acceptors (Lipinski definition) is 4. The molecule has 0 amide bonds. The van der Waals surface area contributed by atoms with Gasteiger partial charge in [0.25, 0.3) is 0 Å². The minimum Gasteiger partial charge on any atom is -1.00 e. The fourth-order valence-electron chi connectivity index (χ4n) is 2.60. The summed E-state index contributed by atoms with van der Waals surface area (Å²) in [7, 11) is 4.30. The van der Waals surface area contributed by atoms with Crippen LogP contribution in [0.2, 0.25) is 0 Å². The van der Waals surface area contributed by atoms with Gasteiger partial charge in [-0.2, -0.15) is 18.2 Å². The Morgan fingerprint density at radius 1 is 0.826 bits per heavy atom. The molecule has 0 saturated carbocycles. The molecule has 0 unspecified atom stereocenters. The Balaban J connectivity index is 0. The molecule has 2 fully saturated rings. The fourth-order valence-corrected chi connectivity index (χ4v) is 2.60. The zero-order valence-corrected chi connectivity index (χ0v) is 18.3. The van der Waals surface area contributed by atoms with Crippen LogP contribution >= 0.6 is 0 Å². The van der Waals surface area contributed by atoms with E-state index in [2.05, 4.69) is 47.0 Å². The third-order valence-corrected chi connectivity index (χ3v) is 3.55. The first-order valence-corrected chi connectivity index (χ1v) is 7.49. The van der Waals surface area contributed by atoms with E-state index in [1.54, 1.807) is 0 Å². The predicted octanol–water partition coefficient (Wildman–Crippen LogP) is -4.13. The van der Waals surface area contributed by atoms with Gasteiger partial charge in [0.1, 0.15) is 0 Å². The first-order chi connectivity index (χ1) is 9.74. The number of hydrogen-bond donors (Lipinski definition) is 0. The number of nitrogens with zero attached hydrogens (tertiary/aromatic N) is 4. The molecule has 2 saturated heterocycles. The molecule has 2 aliphatic rings. The second kappa shape index (κ2) is 15.4. The maximum absolute atomic E-state index is 2.40. The van der Waals surface area contributed by atoms with Crippen molar-refractivity contribution in [3.05, 3.63) is 43.7 Å². The van der Waals surface area contributed by atoms with Crippen LogP contribution in [0, 0.1) is 13.3 Å². The molecule has 3 rings (SSSR count). The molecule has 2 aliphatic heterocycles. The van der Waals surface area contributed by atoms with Gasteiger partial charge in [0.15, 0.2) is 0 Å². The Labute approximate surface area is 185 Å². The van der Waals surface area contributed by atoms with Crippen molar-refractivity contribution in [3.63, 3.8) is 0 Å². The second-order valence-electron chi connectivity index (χ2n) is 5.63. The van der Waals surface area contributed by atoms with Crippen LogP contribution in [0.5, 0.6) is 0 Å². The van der Waals surface area contributed by atoms with E-state index in [4.69, 9.17) is 0 Å². The van der Waals surface area contributed by atoms with Gasteiger partial charge in [-0.15, -0.1) is 0 Å². The monoisotopic (exact) mass is 406 g/mol. The van der Waals surface area contributed by atoms with Crippen molar-refractivity contribution in [3.8, 4) is 0 Å². The summed E-state index contributed by atoms with van der Waals surface area (Å²) in [5.41, 5.74) is 0. The molecule has 0 aliphatic carbocycles. The van der Waals surface area contributed by atoms with E-state index in [0.717, 1.165) is 6.67 Å². The summed E-state index contributed by atoms with van der Waals surface area (Å²) < 4.78 is 0. The summed E-state index contributed by atoms with van der Waals surface area (Å²) in [5, 5.41) is 0. The molecule has 0 atom stereocenters. The Hall–Kier alpha value is 1.18. The van der Waals surface area contributed by atoms with E-state index in [1.807, 2.05) is 30.3 Å². The van der Waals surface area contributed by atoms with Gasteiger partial charge < -0.3 is 32.0 Å². The second-order valence-corrected chi connectivity index (χ2v) is 5.63. The molecule has 122 valence electrons. The summed E-state index contributed by atoms with van der Waals surface area (Å²) in [6.45, 7) is 10.3. The van der Waals surface area contributed by atoms with Gasteiger partial charge in [0.05, 0.1) is 0 Å². The van der Waals surface area contributed by atoms with Crippen molar-refractivity contribution in [2.45, 2.75) is 12.8 Å². The molecule has 2 heterocycles. The zero-order chi connectivity index (χ0) is 14.2. The molecule has 1 aromatic carbocycles. The molecule has 0 aromatic heterocycles. The number of halogens is 1. The first-order valence-electron chi connectivity index (χ1n) is 7.49. The standard InChI is InChI=1S/C11H22N4.C5H5.ClH.Li.Y/c1-12-5-3-7-14(9-12)11-15-8-4-6-13(2)10-15;1-2-4-5-3-1;;;/h9-10H,3-8,11H2,1-2H3;1-5H;1H;;/q-2;-1;;+1;+3/p-1. The van der Waals surface area contributed by atoms with Crippen molar-refractivity contribution < 1.29 is 64.0 Å². The maximum Gasteiger partial charge on any atom is 3.00 e. The molecule has 0 bridgehead atoms. The third-order valence-electron chi connectivity index (χ3n) is 3.55. The van der Waals surface area contributed by atoms with Crippen LogP contribution in [-0.4, -0.2) is 66.5 Å². The van der Waals surface area contributed by atoms with Gasteiger partial charge in [-0.25, -0.2) is 25.5 Å². The van der Waals surface area contributed by atoms with E-state index in [9.17, 15) is 0 Å². The molecule has 1 aromatic rings. The van der Waals surface area contributed by atoms with E-state index >= 15 is 0 Å². The minimum atomic E-state index is 0. The van der Waals surface area contributed by atoms with Crippen molar-refractivity contribution in [1.29, 1.82) is 0 Å². The van der Waals surface area contributed by atoms with Crippen LogP contribution in [0.4, 0.5) is 0 Å². The van der Waals surface area contributed by atoms with Gasteiger partial charge >= 0.3 is 51.6 Å². The smallest absolute Gasteiger partial charge is 1.00 e. The quantitative estimate of drug-likeness (QED) is 0.365. The van der Waals surface area contributed by atoms with Crippen molar-refractivity contribution in [1.82, 2.24) is 19.6 Å². The molecule has 7 heteroatoms. The van der Waals surface area contributed by atoms with Crippen LogP contribution < -0.4 is 31.3 Å². The Kier molecular flexibility index (Phi) is 17.7. The maximum atomic E-state index is 2.40. The summed E-state index contributed by atoms with van der Waals surface area (Å²) in [5.74, 6) is 0. The molecular weight excluding hydrogens is 380 g/mol. The summed E-state index contributed by atoms with van der Waals surface area (Å²) in [6, 6.07) is 10.0. The molecule has 0 spiro atoms. The van der Waals surface area contributed by atoms with E-state index < -0.39 is 0 Å². The average Bonchev–Trinajstić information content (AvgIpc) is 2.97. The molecule has 0 N–H and O–H groups in total. The van der Waals surface area contributed by atoms with Gasteiger partial charge in [0.2, 0.25) is 0 Å². The molecular formula is C16H27ClLiN4Y. The van der Waals surface area contributed by atoms with Gasteiger partial charge in [-0.05, 0) is 59.8 Å². The van der Waals surface area contributed by atoms with Crippen LogP contribution in [0.15, 0.2) is 30.3 Å². The van der Waals surface area contributed by atoms with Gasteiger partial charge in [-0.1, -0.05) is 0 Å². The van der Waals surface area contributed by atoms with Gasteiger partial charge in [0, 0.05) is 0 Å². The minimum absolute atomic E-state index is 0. The molecule has 4 nitrogen and oxygen atoms in total. The fraction of sp³-hybridized carbons (Fsp3) is 0.562. The largest absolute Gasteiger partial charge is 3.00 e. The van der Waals surface area contributed by atoms with E-state index in [0.29, 0.717) is 0 Å². The predicted molar refractivity (Wildman–Crippen MR) is 83.4 cm³/mol. The normalized spacial score (nSPS) is 20.3. The number of rotatable bonds is 2. The van der Waals surface area contributed by atoms with Crippen molar-refractivity contribution in [2.24, 2.45) is 0 Å². The van der Waals surface area contributed by atoms with Crippen molar-refractivity contribution in [2.75, 3.05) is 46.9 Å². The first kappa shape index (κ1) is 26.4. The van der Waals surface area contributed by atoms with E-state index in [-0.39, 0.29) is 64.0 Å². The summed E-state index contributed by atoms with van der Waals surface area (Å²) in [6.07, 6.45) is 2.55. The third kappa shape index (κ3) is 11.4. The topological polar surface area (TPSA) is 13.0 Å². The molecule has 0 radical (unpaired) electrons. The summed E-state index contributed by atoms with van der Waals surface area (Å²) in [4.78, 5) is 9.35. The van der Waals surface area contributed by atoms with E-state index in [1.165, 1.54) is 39.0 Å². The Morgan fingerprint density at radius 2 is 1.26 bits per heavy atom. The van der Waals surface area contributed by atoms with Gasteiger partial charge in [-0.3, -0.25) is 0 Å². The SMILES string of the molecule is CN1[CH-]N(CN2[CH-]N(C)CCC2)CCC1.[Cl-].[Li+].[Y+3].c1cc[cH-]c1. The zero-order valence-electron chi connectivity index (χ0n) is 14.7. The van der Waals surface area contributed by atoms with Crippen LogP contribution in [-0.2, 0) is 32.7 Å². The summed E-state index contributed by atoms with van der Waals surface area (Å²) >= 11 is 0. The van der Waals surface area contributed by atoms with Crippen molar-refractivity contribution >= 4 is 0 Å². The Bertz CT molecular complexity index is 319. The molecule has 23 heavy (non-hydrogen) atoms. The average molecular weight is 407 g/mol. The van der Waals surface area contributed by atoms with Crippen LogP contribution in [0.1, 0.15) is 12.8 Å². The van der Waals surface area contributed by atoms with Crippen LogP contribution in [0.25, 0.3) is 0 Å².